The lowest BCUT2D eigenvalue weighted by molar-refractivity contribution is -0.0511. The zero-order valence-electron chi connectivity index (χ0n) is 37.3. The molecule has 0 aliphatic carbocycles. The van der Waals surface area contributed by atoms with Crippen LogP contribution in [0.3, 0.4) is 0 Å². The number of anilines is 1. The van der Waals surface area contributed by atoms with Crippen molar-refractivity contribution in [2.75, 3.05) is 31.7 Å². The maximum atomic E-state index is 10.2. The van der Waals surface area contributed by atoms with Crippen LogP contribution in [0.15, 0.2) is 57.1 Å². The molecule has 66 heavy (non-hydrogen) atoms. The molecule has 2 saturated heterocycles. The van der Waals surface area contributed by atoms with Crippen LogP contribution >= 0.6 is 66.1 Å². The quantitative estimate of drug-likeness (QED) is 0.0765. The number of nitrogens with zero attached hydrogens (tertiary/aromatic N) is 9. The fraction of sp³-hybridized carbons (Fsp3) is 0.561. The molecule has 0 aromatic carbocycles. The van der Waals surface area contributed by atoms with E-state index in [9.17, 15) is 25.5 Å². The first-order valence-electron chi connectivity index (χ1n) is 21.1. The van der Waals surface area contributed by atoms with E-state index in [0.717, 1.165) is 25.4 Å². The van der Waals surface area contributed by atoms with Crippen LogP contribution in [0.1, 0.15) is 70.2 Å². The first kappa shape index (κ1) is 55.7. The number of fused-ring (bicyclic) bond motifs is 2. The number of nitrogens with two attached hydrogens (primary N) is 1. The Morgan fingerprint density at radius 1 is 0.727 bits per heavy atom. The van der Waals surface area contributed by atoms with Crippen LogP contribution in [0.25, 0.3) is 22.3 Å². The van der Waals surface area contributed by atoms with E-state index < -0.39 is 55.7 Å². The molecule has 6 aromatic rings. The van der Waals surface area contributed by atoms with E-state index >= 15 is 0 Å². The molecule has 6 aromatic heterocycles. The van der Waals surface area contributed by atoms with E-state index in [2.05, 4.69) is 107 Å². The van der Waals surface area contributed by atoms with Gasteiger partial charge in [0.25, 0.3) is 0 Å². The molecule has 0 saturated carbocycles. The molecule has 8 heterocycles. The van der Waals surface area contributed by atoms with Crippen molar-refractivity contribution >= 4 is 94.3 Å². The zero-order chi connectivity index (χ0) is 48.7. The molecule has 0 amide bonds. The van der Waals surface area contributed by atoms with Gasteiger partial charge in [-0.05, 0) is 96.8 Å². The Balaban J connectivity index is 0.000000207. The number of halogens is 3. The van der Waals surface area contributed by atoms with Gasteiger partial charge in [0.15, 0.2) is 40.2 Å². The van der Waals surface area contributed by atoms with Gasteiger partial charge in [0, 0.05) is 35.0 Å². The maximum Gasteiger partial charge on any atom is 0.167 e. The summed E-state index contributed by atoms with van der Waals surface area (Å²) in [7, 11) is 0. The summed E-state index contributed by atoms with van der Waals surface area (Å²) in [5, 5.41) is 69.4. The summed E-state index contributed by atoms with van der Waals surface area (Å²) in [6.07, 6.45) is -1.81. The van der Waals surface area contributed by atoms with Crippen molar-refractivity contribution < 1.29 is 45.2 Å². The van der Waals surface area contributed by atoms with Gasteiger partial charge in [-0.25, -0.2) is 29.9 Å². The van der Waals surface area contributed by atoms with Gasteiger partial charge in [0.05, 0.1) is 40.0 Å². The van der Waals surface area contributed by atoms with Crippen molar-refractivity contribution in [3.63, 3.8) is 0 Å². The molecule has 8 rings (SSSR count). The van der Waals surface area contributed by atoms with E-state index in [1.807, 2.05) is 31.2 Å². The number of hydrogen-bond donors (Lipinski definition) is 9. The number of aliphatic hydroxyl groups is 7. The molecule has 10 N–H and O–H groups in total. The van der Waals surface area contributed by atoms with E-state index in [4.69, 9.17) is 37.0 Å². The predicted octanol–water partition coefficient (Wildman–Crippen LogP) is 4.45. The summed E-state index contributed by atoms with van der Waals surface area (Å²) in [5.41, 5.74) is 7.10. The first-order chi connectivity index (χ1) is 31.5. The molecule has 366 valence electrons. The number of ether oxygens (including phenoxy) is 2. The van der Waals surface area contributed by atoms with Gasteiger partial charge in [-0.1, -0.05) is 25.4 Å². The second kappa shape index (κ2) is 27.3. The molecule has 20 nitrogen and oxygen atoms in total. The van der Waals surface area contributed by atoms with Crippen molar-refractivity contribution in [2.24, 2.45) is 5.73 Å². The number of aliphatic hydroxyl groups excluding tert-OH is 7. The van der Waals surface area contributed by atoms with Crippen LogP contribution < -0.4 is 11.1 Å². The van der Waals surface area contributed by atoms with Crippen molar-refractivity contribution in [3.8, 4) is 0 Å². The Kier molecular flexibility index (Phi) is 23.1. The van der Waals surface area contributed by atoms with E-state index in [0.29, 0.717) is 59.9 Å². The number of hydrogen-bond acceptors (Lipinski definition) is 20. The molecule has 2 aliphatic heterocycles. The highest BCUT2D eigenvalue weighted by molar-refractivity contribution is 9.11. The second-order valence-corrected chi connectivity index (χ2v) is 20.7. The highest BCUT2D eigenvalue weighted by atomic mass is 79.9. The summed E-state index contributed by atoms with van der Waals surface area (Å²) < 4.78 is 16.1. The number of imidazole rings is 2. The molecule has 0 spiro atoms. The molecule has 0 bridgehead atoms. The number of thiophene rings is 2. The first-order valence-corrected chi connectivity index (χ1v) is 24.7. The van der Waals surface area contributed by atoms with Crippen LogP contribution in [-0.2, 0) is 22.6 Å². The van der Waals surface area contributed by atoms with Crippen LogP contribution in [0, 0.1) is 0 Å². The Morgan fingerprint density at radius 3 is 1.58 bits per heavy atom. The molecular formula is C41H60Br2ClN11O9S2. The normalized spacial score (nSPS) is 22.4. The summed E-state index contributed by atoms with van der Waals surface area (Å²) in [6.45, 7) is 15.0. The van der Waals surface area contributed by atoms with E-state index in [1.54, 1.807) is 22.7 Å². The summed E-state index contributed by atoms with van der Waals surface area (Å²) in [6, 6.07) is 9.40. The van der Waals surface area contributed by atoms with Gasteiger partial charge in [-0.2, -0.15) is 0 Å². The van der Waals surface area contributed by atoms with Crippen LogP contribution in [-0.4, -0.2) is 155 Å². The lowest BCUT2D eigenvalue weighted by Crippen LogP contribution is -2.36. The molecule has 2 unspecified atom stereocenters. The number of aromatic nitrogens is 8. The van der Waals surface area contributed by atoms with Crippen LogP contribution in [0.5, 0.6) is 0 Å². The Bertz CT molecular complexity index is 2330. The largest absolute Gasteiger partial charge is 0.396 e. The average Bonchev–Trinajstić information content (AvgIpc) is 4.18. The predicted molar refractivity (Wildman–Crippen MR) is 261 cm³/mol. The zero-order valence-corrected chi connectivity index (χ0v) is 42.9. The third-order valence-electron chi connectivity index (χ3n) is 10.1. The van der Waals surface area contributed by atoms with Crippen molar-refractivity contribution in [2.45, 2.75) is 122 Å². The van der Waals surface area contributed by atoms with E-state index in [-0.39, 0.29) is 11.8 Å². The summed E-state index contributed by atoms with van der Waals surface area (Å²) >= 11 is 15.9. The van der Waals surface area contributed by atoms with Gasteiger partial charge in [0.2, 0.25) is 0 Å². The summed E-state index contributed by atoms with van der Waals surface area (Å²) in [4.78, 5) is 29.5. The van der Waals surface area contributed by atoms with Gasteiger partial charge in [-0.3, -0.25) is 14.0 Å². The molecule has 2 aliphatic rings. The molecule has 0 radical (unpaired) electrons. The fourth-order valence-electron chi connectivity index (χ4n) is 6.80. The van der Waals surface area contributed by atoms with Gasteiger partial charge in [-0.15, -0.1) is 22.7 Å². The standard InChI is InChI=1S/C15H16BrN5O4S.C10H11ClN4O4.C8H19N.C5H6BrNS.C3H8O/c16-9-2-1-7(26-9)3-17-13-10-14(19-5-18-13)21(6-20-10)15-12(24)11(23)8(4-22)25-15;11-8-5-9(13-2-12-8)15(3-14-5)10-7(18)6(17)4(1-16)19-10;1-6-9(7(2)3)8(4)5;6-5-2-1-4(3-7)8-5;1-2-3-4/h1-2,5-6,8,11-12,15,22-24H,3-4H2,(H,17,18,19);2-4,6-7,10,16-18H,1H2;7-8H,6H2,1-5H3;1-2H,3,7H2;4H,2-3H2,1H3/t8-,11?,12+,15-;4-,6?,7+,10-;;;/m11.../s1. The maximum absolute atomic E-state index is 10.2. The number of nitrogens with one attached hydrogen (secondary N) is 1. The van der Waals surface area contributed by atoms with Crippen LogP contribution in [0.2, 0.25) is 5.15 Å². The lowest BCUT2D eigenvalue weighted by atomic mass is 10.1. The Labute approximate surface area is 412 Å². The Hall–Kier alpha value is -2.89. The topological polar surface area (TPSA) is 289 Å². The summed E-state index contributed by atoms with van der Waals surface area (Å²) in [5.74, 6) is 0.560. The fourth-order valence-corrected chi connectivity index (χ4v) is 9.76. The van der Waals surface area contributed by atoms with Crippen molar-refractivity contribution in [1.29, 1.82) is 0 Å². The second-order valence-electron chi connectivity index (χ2n) is 15.2. The third kappa shape index (κ3) is 14.6. The minimum atomic E-state index is -1.20. The smallest absolute Gasteiger partial charge is 0.167 e. The Morgan fingerprint density at radius 2 is 1.20 bits per heavy atom. The molecule has 2 fully saturated rings. The average molecular weight is 1110 g/mol. The molecule has 8 atom stereocenters. The van der Waals surface area contributed by atoms with Gasteiger partial charge >= 0.3 is 0 Å². The minimum Gasteiger partial charge on any atom is -0.396 e. The molecule has 25 heteroatoms. The van der Waals surface area contributed by atoms with Crippen molar-refractivity contribution in [1.82, 2.24) is 43.9 Å². The molecular weight excluding hydrogens is 1050 g/mol. The van der Waals surface area contributed by atoms with Crippen LogP contribution in [0.4, 0.5) is 5.82 Å². The SMILES string of the molecule is CCCO.CCN(C(C)C)C(C)C.NCc1ccc(Br)s1.OC[C@H]1O[C@@H](n2cnc3c(Cl)ncnc32)[C@@H](O)C1O.OC[C@H]1O[C@@H](n2cnc3c(NCc4ccc(Br)s4)ncnc32)[C@@H](O)C1O. The third-order valence-corrected chi connectivity index (χ3v) is 13.6. The van der Waals surface area contributed by atoms with Crippen molar-refractivity contribution in [3.05, 3.63) is 72.1 Å². The monoisotopic (exact) mass is 1110 g/mol. The number of rotatable bonds is 12. The highest BCUT2D eigenvalue weighted by Gasteiger charge is 2.45. The van der Waals surface area contributed by atoms with Gasteiger partial charge < -0.3 is 56.3 Å². The minimum absolute atomic E-state index is 0.190. The van der Waals surface area contributed by atoms with E-state index in [1.165, 1.54) is 39.3 Å². The highest BCUT2D eigenvalue weighted by Crippen LogP contribution is 2.34. The lowest BCUT2D eigenvalue weighted by Gasteiger charge is -2.28. The van der Waals surface area contributed by atoms with Gasteiger partial charge in [0.1, 0.15) is 54.8 Å².